The second-order valence-electron chi connectivity index (χ2n) is 4.56. The Morgan fingerprint density at radius 3 is 2.95 bits per heavy atom. The van der Waals surface area contributed by atoms with Crippen LogP contribution in [-0.4, -0.2) is 42.0 Å². The number of ether oxygens (including phenoxy) is 1. The first-order chi connectivity index (χ1) is 9.01. The third-order valence-electron chi connectivity index (χ3n) is 2.94. The lowest BCUT2D eigenvalue weighted by Crippen LogP contribution is -2.49. The minimum absolute atomic E-state index is 0.0209. The highest BCUT2D eigenvalue weighted by atomic mass is 79.9. The van der Waals surface area contributed by atoms with Crippen molar-refractivity contribution in [1.29, 1.82) is 0 Å². The number of carbonyl (C=O) groups excluding carboxylic acids is 1. The number of morpholine rings is 1. The molecule has 2 atom stereocenters. The number of alkyl halides is 1. The summed E-state index contributed by atoms with van der Waals surface area (Å²) >= 11 is 15.3. The molecule has 2 rings (SSSR count). The molecule has 1 aromatic rings. The van der Waals surface area contributed by atoms with Crippen LogP contribution in [0.1, 0.15) is 17.3 Å². The predicted octanol–water partition coefficient (Wildman–Crippen LogP) is 3.57. The van der Waals surface area contributed by atoms with Crippen LogP contribution in [0.3, 0.4) is 0 Å². The molecular formula is C13H14BrCl2NO2. The summed E-state index contributed by atoms with van der Waals surface area (Å²) in [7, 11) is 0. The van der Waals surface area contributed by atoms with Crippen LogP contribution in [0, 0.1) is 0 Å². The Balaban J connectivity index is 2.21. The fraction of sp³-hybridized carbons (Fsp3) is 0.462. The zero-order chi connectivity index (χ0) is 14.0. The third-order valence-corrected chi connectivity index (χ3v) is 4.11. The molecule has 1 heterocycles. The van der Waals surface area contributed by atoms with E-state index < -0.39 is 0 Å². The first-order valence-corrected chi connectivity index (χ1v) is 7.67. The maximum absolute atomic E-state index is 12.5. The summed E-state index contributed by atoms with van der Waals surface area (Å²) in [6.45, 7) is 2.98. The molecule has 3 nitrogen and oxygen atoms in total. The normalized spacial score (nSPS) is 23.5. The summed E-state index contributed by atoms with van der Waals surface area (Å²) in [6, 6.07) is 5.25. The van der Waals surface area contributed by atoms with Gasteiger partial charge in [-0.2, -0.15) is 0 Å². The molecule has 0 aliphatic carbocycles. The summed E-state index contributed by atoms with van der Waals surface area (Å²) in [6.07, 6.45) is -0.146. The number of nitrogens with zero attached hydrogens (tertiary/aromatic N) is 1. The Bertz CT molecular complexity index is 484. The second-order valence-corrected chi connectivity index (χ2v) is 6.19. The van der Waals surface area contributed by atoms with Gasteiger partial charge in [-0.25, -0.2) is 0 Å². The lowest BCUT2D eigenvalue weighted by molar-refractivity contribution is -0.0570. The predicted molar refractivity (Wildman–Crippen MR) is 80.1 cm³/mol. The maximum atomic E-state index is 12.5. The van der Waals surface area contributed by atoms with Crippen molar-refractivity contribution in [1.82, 2.24) is 4.90 Å². The Labute approximate surface area is 130 Å². The van der Waals surface area contributed by atoms with Gasteiger partial charge in [0.1, 0.15) is 0 Å². The Morgan fingerprint density at radius 1 is 1.53 bits per heavy atom. The zero-order valence-electron chi connectivity index (χ0n) is 10.4. The molecule has 0 spiro atoms. The van der Waals surface area contributed by atoms with Crippen molar-refractivity contribution in [2.45, 2.75) is 19.1 Å². The molecule has 1 saturated heterocycles. The van der Waals surface area contributed by atoms with Gasteiger partial charge in [-0.15, -0.1) is 11.6 Å². The Hall–Kier alpha value is -0.290. The average Bonchev–Trinajstić information content (AvgIpc) is 2.40. The maximum Gasteiger partial charge on any atom is 0.255 e. The van der Waals surface area contributed by atoms with Crippen molar-refractivity contribution in [3.63, 3.8) is 0 Å². The molecule has 0 N–H and O–H groups in total. The summed E-state index contributed by atoms with van der Waals surface area (Å²) in [4.78, 5) is 14.2. The fourth-order valence-corrected chi connectivity index (χ4v) is 2.86. The topological polar surface area (TPSA) is 29.5 Å². The number of amides is 1. The number of carbonyl (C=O) groups is 1. The van der Waals surface area contributed by atoms with Gasteiger partial charge in [0.25, 0.3) is 5.91 Å². The molecule has 6 heteroatoms. The zero-order valence-corrected chi connectivity index (χ0v) is 13.5. The molecular weight excluding hydrogens is 353 g/mol. The van der Waals surface area contributed by atoms with Crippen molar-refractivity contribution in [3.8, 4) is 0 Å². The van der Waals surface area contributed by atoms with Gasteiger partial charge in [-0.3, -0.25) is 4.79 Å². The molecule has 1 aliphatic heterocycles. The summed E-state index contributed by atoms with van der Waals surface area (Å²) < 4.78 is 6.47. The molecule has 1 aliphatic rings. The lowest BCUT2D eigenvalue weighted by Gasteiger charge is -2.36. The van der Waals surface area contributed by atoms with Gasteiger partial charge in [0, 0.05) is 17.6 Å². The molecule has 19 heavy (non-hydrogen) atoms. The van der Waals surface area contributed by atoms with E-state index in [4.69, 9.17) is 27.9 Å². The van der Waals surface area contributed by atoms with Crippen molar-refractivity contribution >= 4 is 45.0 Å². The minimum atomic E-state index is -0.125. The van der Waals surface area contributed by atoms with E-state index >= 15 is 0 Å². The fourth-order valence-electron chi connectivity index (χ4n) is 2.13. The van der Waals surface area contributed by atoms with Crippen LogP contribution in [0.4, 0.5) is 0 Å². The molecule has 104 valence electrons. The van der Waals surface area contributed by atoms with Crippen molar-refractivity contribution < 1.29 is 9.53 Å². The van der Waals surface area contributed by atoms with Crippen LogP contribution >= 0.6 is 39.1 Å². The van der Waals surface area contributed by atoms with Crippen LogP contribution in [-0.2, 0) is 4.74 Å². The number of halogens is 3. The first kappa shape index (κ1) is 15.1. The smallest absolute Gasteiger partial charge is 0.255 e. The van der Waals surface area contributed by atoms with Gasteiger partial charge in [-0.05, 0) is 25.1 Å². The number of hydrogen-bond donors (Lipinski definition) is 0. The first-order valence-electron chi connectivity index (χ1n) is 5.97. The monoisotopic (exact) mass is 365 g/mol. The van der Waals surface area contributed by atoms with E-state index in [0.29, 0.717) is 29.6 Å². The Kier molecular flexibility index (Phi) is 5.12. The Morgan fingerprint density at radius 2 is 2.26 bits per heavy atom. The third kappa shape index (κ3) is 3.63. The standard InChI is InChI=1S/C13H14BrCl2NO2/c1-8-6-17(7-10(5-15)19-8)13(18)11-4-9(14)2-3-12(11)16/h2-4,8,10H,5-7H2,1H3. The van der Waals surface area contributed by atoms with E-state index in [1.807, 2.05) is 13.0 Å². The molecule has 2 unspecified atom stereocenters. The largest absolute Gasteiger partial charge is 0.370 e. The SMILES string of the molecule is CC1CN(C(=O)c2cc(Br)ccc2Cl)CC(CCl)O1. The van der Waals surface area contributed by atoms with E-state index in [1.165, 1.54) is 0 Å². The number of rotatable bonds is 2. The van der Waals surface area contributed by atoms with Gasteiger partial charge in [0.05, 0.1) is 28.7 Å². The van der Waals surface area contributed by atoms with E-state index in [0.717, 1.165) is 4.47 Å². The summed E-state index contributed by atoms with van der Waals surface area (Å²) in [5.41, 5.74) is 0.499. The molecule has 1 fully saturated rings. The van der Waals surface area contributed by atoms with Crippen molar-refractivity contribution in [3.05, 3.63) is 33.3 Å². The molecule has 1 aromatic carbocycles. The average molecular weight is 367 g/mol. The second kappa shape index (κ2) is 6.44. The highest BCUT2D eigenvalue weighted by Gasteiger charge is 2.29. The van der Waals surface area contributed by atoms with Gasteiger partial charge >= 0.3 is 0 Å². The number of benzene rings is 1. The molecule has 0 aromatic heterocycles. The molecule has 0 radical (unpaired) electrons. The van der Waals surface area contributed by atoms with Gasteiger partial charge in [-0.1, -0.05) is 27.5 Å². The molecule has 1 amide bonds. The van der Waals surface area contributed by atoms with Crippen LogP contribution in [0.5, 0.6) is 0 Å². The molecule has 0 bridgehead atoms. The minimum Gasteiger partial charge on any atom is -0.370 e. The van der Waals surface area contributed by atoms with Crippen LogP contribution < -0.4 is 0 Å². The van der Waals surface area contributed by atoms with Crippen LogP contribution in [0.25, 0.3) is 0 Å². The quantitative estimate of drug-likeness (QED) is 0.749. The van der Waals surface area contributed by atoms with Gasteiger partial charge < -0.3 is 9.64 Å². The van der Waals surface area contributed by atoms with Crippen molar-refractivity contribution in [2.75, 3.05) is 19.0 Å². The molecule has 0 saturated carbocycles. The highest BCUT2D eigenvalue weighted by Crippen LogP contribution is 2.24. The van der Waals surface area contributed by atoms with Gasteiger partial charge in [0.2, 0.25) is 0 Å². The lowest BCUT2D eigenvalue weighted by atomic mass is 10.1. The summed E-state index contributed by atoms with van der Waals surface area (Å²) in [5.74, 6) is 0.289. The number of hydrogen-bond acceptors (Lipinski definition) is 2. The van der Waals surface area contributed by atoms with E-state index in [2.05, 4.69) is 15.9 Å². The van der Waals surface area contributed by atoms with E-state index in [-0.39, 0.29) is 18.1 Å². The summed E-state index contributed by atoms with van der Waals surface area (Å²) in [5, 5.41) is 0.453. The van der Waals surface area contributed by atoms with Crippen molar-refractivity contribution in [2.24, 2.45) is 0 Å². The van der Waals surface area contributed by atoms with E-state index in [1.54, 1.807) is 17.0 Å². The highest BCUT2D eigenvalue weighted by molar-refractivity contribution is 9.10. The van der Waals surface area contributed by atoms with E-state index in [9.17, 15) is 4.79 Å². The van der Waals surface area contributed by atoms with Gasteiger partial charge in [0.15, 0.2) is 0 Å². The van der Waals surface area contributed by atoms with Crippen LogP contribution in [0.15, 0.2) is 22.7 Å². The van der Waals surface area contributed by atoms with Crippen LogP contribution in [0.2, 0.25) is 5.02 Å².